The average Bonchev–Trinajstić information content (AvgIpc) is 2.16. The molecule has 0 fully saturated rings. The van der Waals surface area contributed by atoms with Crippen LogP contribution in [0.1, 0.15) is 5.56 Å². The molecular weight excluding hydrogens is 218 g/mol. The van der Waals surface area contributed by atoms with Gasteiger partial charge in [-0.25, -0.2) is 4.31 Å². The van der Waals surface area contributed by atoms with Crippen molar-refractivity contribution in [3.05, 3.63) is 29.8 Å². The zero-order chi connectivity index (χ0) is 11.1. The Hall–Kier alpha value is -1.53. The lowest BCUT2D eigenvalue weighted by atomic mass is 10.1. The van der Waals surface area contributed by atoms with Gasteiger partial charge in [-0.3, -0.25) is 4.55 Å². The van der Waals surface area contributed by atoms with Crippen LogP contribution < -0.4 is 4.31 Å². The fraction of sp³-hybridized carbons (Fsp3) is 0.111. The lowest BCUT2D eigenvalue weighted by molar-refractivity contribution is 0.472. The van der Waals surface area contributed by atoms with Crippen LogP contribution in [-0.4, -0.2) is 24.6 Å². The molecule has 0 radical (unpaired) electrons. The summed E-state index contributed by atoms with van der Waals surface area (Å²) in [7, 11) is -4.29. The van der Waals surface area contributed by atoms with Gasteiger partial charge in [-0.05, 0) is 12.1 Å². The van der Waals surface area contributed by atoms with Crippen LogP contribution in [0.15, 0.2) is 24.3 Å². The van der Waals surface area contributed by atoms with Crippen LogP contribution >= 0.6 is 0 Å². The van der Waals surface area contributed by atoms with E-state index in [1.165, 1.54) is 18.2 Å². The molecule has 1 aliphatic heterocycles. The SMILES string of the molecule is O=S(=O)(O)N1CC=Cc2c(O)cccc21. The van der Waals surface area contributed by atoms with Gasteiger partial charge in [-0.15, -0.1) is 0 Å². The van der Waals surface area contributed by atoms with Crippen molar-refractivity contribution >= 4 is 22.1 Å². The molecule has 0 atom stereocenters. The van der Waals surface area contributed by atoms with E-state index < -0.39 is 10.3 Å². The zero-order valence-corrected chi connectivity index (χ0v) is 8.48. The van der Waals surface area contributed by atoms with Gasteiger partial charge in [0.05, 0.1) is 12.2 Å². The average molecular weight is 227 g/mol. The monoisotopic (exact) mass is 227 g/mol. The third-order valence-electron chi connectivity index (χ3n) is 2.16. The number of anilines is 1. The van der Waals surface area contributed by atoms with E-state index in [0.717, 1.165) is 4.31 Å². The largest absolute Gasteiger partial charge is 0.507 e. The highest BCUT2D eigenvalue weighted by atomic mass is 32.2. The second-order valence-corrected chi connectivity index (χ2v) is 4.46. The molecule has 1 aromatic rings. The predicted octanol–water partition coefficient (Wildman–Crippen LogP) is 1.03. The summed E-state index contributed by atoms with van der Waals surface area (Å²) >= 11 is 0. The first-order valence-corrected chi connectivity index (χ1v) is 5.63. The third kappa shape index (κ3) is 1.69. The van der Waals surface area contributed by atoms with Gasteiger partial charge in [0, 0.05) is 5.56 Å². The Labute approximate surface area is 87.1 Å². The van der Waals surface area contributed by atoms with Crippen LogP contribution in [0.3, 0.4) is 0 Å². The Bertz CT molecular complexity index is 521. The first kappa shape index (κ1) is 10.0. The standard InChI is InChI=1S/C9H9NO4S/c11-9-5-1-4-8-7(9)3-2-6-10(8)15(12,13)14/h1-5,11H,6H2,(H,12,13,14). The molecule has 1 aromatic carbocycles. The summed E-state index contributed by atoms with van der Waals surface area (Å²) < 4.78 is 31.8. The summed E-state index contributed by atoms with van der Waals surface area (Å²) in [5.41, 5.74) is 0.668. The van der Waals surface area contributed by atoms with Crippen LogP contribution in [-0.2, 0) is 10.3 Å². The molecule has 0 aromatic heterocycles. The van der Waals surface area contributed by atoms with E-state index in [1.54, 1.807) is 12.2 Å². The predicted molar refractivity (Wildman–Crippen MR) is 56.0 cm³/mol. The molecular formula is C9H9NO4S. The quantitative estimate of drug-likeness (QED) is 0.702. The maximum absolute atomic E-state index is 11.0. The molecule has 0 spiro atoms. The number of fused-ring (bicyclic) bond motifs is 1. The van der Waals surface area contributed by atoms with Crippen LogP contribution in [0.4, 0.5) is 5.69 Å². The van der Waals surface area contributed by atoms with Crippen molar-refractivity contribution in [1.82, 2.24) is 0 Å². The smallest absolute Gasteiger partial charge is 0.360 e. The summed E-state index contributed by atoms with van der Waals surface area (Å²) in [6, 6.07) is 4.49. The Morgan fingerprint density at radius 2 is 2.07 bits per heavy atom. The fourth-order valence-corrected chi connectivity index (χ4v) is 2.19. The molecule has 1 aliphatic rings. The number of benzene rings is 1. The number of phenols is 1. The van der Waals surface area contributed by atoms with Crippen molar-refractivity contribution in [2.75, 3.05) is 10.8 Å². The van der Waals surface area contributed by atoms with Gasteiger partial charge in [0.15, 0.2) is 0 Å². The molecule has 6 heteroatoms. The summed E-state index contributed by atoms with van der Waals surface area (Å²) in [6.45, 7) is 0.0648. The summed E-state index contributed by atoms with van der Waals surface area (Å²) in [5, 5.41) is 9.49. The molecule has 5 nitrogen and oxygen atoms in total. The minimum absolute atomic E-state index is 0.0166. The first-order chi connectivity index (χ1) is 7.00. The summed E-state index contributed by atoms with van der Waals surface area (Å²) in [4.78, 5) is 0. The van der Waals surface area contributed by atoms with Gasteiger partial charge in [-0.2, -0.15) is 8.42 Å². The molecule has 15 heavy (non-hydrogen) atoms. The van der Waals surface area contributed by atoms with Crippen LogP contribution in [0.25, 0.3) is 6.08 Å². The molecule has 0 unspecified atom stereocenters. The lowest BCUT2D eigenvalue weighted by Gasteiger charge is -2.24. The Balaban J connectivity index is 2.63. The van der Waals surface area contributed by atoms with Crippen molar-refractivity contribution in [2.24, 2.45) is 0 Å². The number of rotatable bonds is 1. The van der Waals surface area contributed by atoms with Crippen LogP contribution in [0.2, 0.25) is 0 Å². The van der Waals surface area contributed by atoms with E-state index in [-0.39, 0.29) is 18.0 Å². The Morgan fingerprint density at radius 3 is 2.73 bits per heavy atom. The van der Waals surface area contributed by atoms with Gasteiger partial charge in [0.2, 0.25) is 0 Å². The lowest BCUT2D eigenvalue weighted by Crippen LogP contribution is -2.32. The number of hydrogen-bond acceptors (Lipinski definition) is 3. The van der Waals surface area contributed by atoms with Crippen LogP contribution in [0.5, 0.6) is 5.75 Å². The molecule has 0 saturated heterocycles. The Kier molecular flexibility index (Phi) is 2.17. The maximum Gasteiger partial charge on any atom is 0.360 e. The molecule has 2 N–H and O–H groups in total. The van der Waals surface area contributed by atoms with Gasteiger partial charge in [0.1, 0.15) is 5.75 Å². The van der Waals surface area contributed by atoms with E-state index in [0.29, 0.717) is 5.56 Å². The van der Waals surface area contributed by atoms with E-state index in [2.05, 4.69) is 0 Å². The van der Waals surface area contributed by atoms with E-state index in [1.807, 2.05) is 0 Å². The van der Waals surface area contributed by atoms with Crippen molar-refractivity contribution in [3.63, 3.8) is 0 Å². The third-order valence-corrected chi connectivity index (χ3v) is 3.07. The van der Waals surface area contributed by atoms with Gasteiger partial charge >= 0.3 is 10.3 Å². The molecule has 1 heterocycles. The first-order valence-electron chi connectivity index (χ1n) is 4.24. The normalized spacial score (nSPS) is 15.1. The minimum atomic E-state index is -4.29. The molecule has 0 amide bonds. The minimum Gasteiger partial charge on any atom is -0.507 e. The number of phenolic OH excluding ortho intramolecular Hbond substituents is 1. The number of nitrogens with zero attached hydrogens (tertiary/aromatic N) is 1. The summed E-state index contributed by atoms with van der Waals surface area (Å²) in [6.07, 6.45) is 3.17. The molecule has 0 aliphatic carbocycles. The van der Waals surface area contributed by atoms with Gasteiger partial charge in [0.25, 0.3) is 0 Å². The van der Waals surface area contributed by atoms with Gasteiger partial charge < -0.3 is 5.11 Å². The van der Waals surface area contributed by atoms with E-state index >= 15 is 0 Å². The van der Waals surface area contributed by atoms with Crippen molar-refractivity contribution in [3.8, 4) is 5.75 Å². The Morgan fingerprint density at radius 1 is 1.33 bits per heavy atom. The zero-order valence-electron chi connectivity index (χ0n) is 7.66. The molecule has 0 saturated carbocycles. The molecule has 80 valence electrons. The fourth-order valence-electron chi connectivity index (χ4n) is 1.51. The number of aromatic hydroxyl groups is 1. The second-order valence-electron chi connectivity index (χ2n) is 3.12. The second kappa shape index (κ2) is 3.25. The molecule has 0 bridgehead atoms. The maximum atomic E-state index is 11.0. The van der Waals surface area contributed by atoms with Crippen LogP contribution in [0, 0.1) is 0 Å². The van der Waals surface area contributed by atoms with E-state index in [9.17, 15) is 13.5 Å². The van der Waals surface area contributed by atoms with Crippen molar-refractivity contribution in [1.29, 1.82) is 0 Å². The van der Waals surface area contributed by atoms with E-state index in [4.69, 9.17) is 4.55 Å². The van der Waals surface area contributed by atoms with Crippen molar-refractivity contribution in [2.45, 2.75) is 0 Å². The van der Waals surface area contributed by atoms with Gasteiger partial charge in [-0.1, -0.05) is 18.2 Å². The number of hydrogen-bond donors (Lipinski definition) is 2. The highest BCUT2D eigenvalue weighted by Crippen LogP contribution is 2.33. The topological polar surface area (TPSA) is 77.8 Å². The highest BCUT2D eigenvalue weighted by molar-refractivity contribution is 7.87. The summed E-state index contributed by atoms with van der Waals surface area (Å²) in [5.74, 6) is -0.0166. The molecule has 2 rings (SSSR count). The van der Waals surface area contributed by atoms with Crippen molar-refractivity contribution < 1.29 is 18.1 Å². The highest BCUT2D eigenvalue weighted by Gasteiger charge is 2.24.